The summed E-state index contributed by atoms with van der Waals surface area (Å²) in [6.07, 6.45) is 5.41. The number of nitrogens with two attached hydrogens (primary N) is 1. The van der Waals surface area contributed by atoms with E-state index in [1.807, 2.05) is 11.8 Å². The number of amides is 1. The first kappa shape index (κ1) is 11.4. The van der Waals surface area contributed by atoms with E-state index in [2.05, 4.69) is 9.97 Å². The summed E-state index contributed by atoms with van der Waals surface area (Å²) < 4.78 is 0. The van der Waals surface area contributed by atoms with Crippen molar-refractivity contribution < 1.29 is 4.79 Å². The van der Waals surface area contributed by atoms with Gasteiger partial charge in [0, 0.05) is 25.0 Å². The molecule has 94 valence electrons. The molecule has 1 saturated carbocycles. The first-order chi connectivity index (χ1) is 8.72. The standard InChI is InChI=1S/C12H14N4OS/c1-2-16(7-3-4-7)12(17)10-8(13)9-11(18-10)15-6-5-14-9/h5-7H,2-4,13H2,1H3. The van der Waals surface area contributed by atoms with Gasteiger partial charge in [-0.2, -0.15) is 0 Å². The van der Waals surface area contributed by atoms with Crippen molar-refractivity contribution in [3.63, 3.8) is 0 Å². The molecule has 2 N–H and O–H groups in total. The molecule has 0 spiro atoms. The van der Waals surface area contributed by atoms with Gasteiger partial charge in [0.05, 0.1) is 5.69 Å². The molecule has 0 aromatic carbocycles. The molecule has 5 nitrogen and oxygen atoms in total. The van der Waals surface area contributed by atoms with E-state index in [1.165, 1.54) is 11.3 Å². The summed E-state index contributed by atoms with van der Waals surface area (Å²) in [7, 11) is 0. The largest absolute Gasteiger partial charge is 0.396 e. The molecule has 3 rings (SSSR count). The number of rotatable bonds is 3. The third-order valence-corrected chi connectivity index (χ3v) is 4.24. The highest BCUT2D eigenvalue weighted by atomic mass is 32.1. The zero-order valence-electron chi connectivity index (χ0n) is 10.1. The van der Waals surface area contributed by atoms with Crippen molar-refractivity contribution in [3.8, 4) is 0 Å². The Balaban J connectivity index is 2.02. The van der Waals surface area contributed by atoms with E-state index < -0.39 is 0 Å². The molecule has 2 heterocycles. The minimum Gasteiger partial charge on any atom is -0.396 e. The Morgan fingerprint density at radius 3 is 2.83 bits per heavy atom. The summed E-state index contributed by atoms with van der Waals surface area (Å²) in [5.74, 6) is 0.0160. The molecular weight excluding hydrogens is 248 g/mol. The van der Waals surface area contributed by atoms with Crippen molar-refractivity contribution in [2.45, 2.75) is 25.8 Å². The summed E-state index contributed by atoms with van der Waals surface area (Å²) in [5, 5.41) is 0. The van der Waals surface area contributed by atoms with Gasteiger partial charge in [-0.1, -0.05) is 0 Å². The molecule has 18 heavy (non-hydrogen) atoms. The molecule has 6 heteroatoms. The van der Waals surface area contributed by atoms with Crippen LogP contribution in [-0.2, 0) is 0 Å². The molecule has 0 aliphatic heterocycles. The number of hydrogen-bond acceptors (Lipinski definition) is 5. The lowest BCUT2D eigenvalue weighted by Crippen LogP contribution is -2.32. The van der Waals surface area contributed by atoms with Gasteiger partial charge in [0.25, 0.3) is 5.91 Å². The number of thiophene rings is 1. The highest BCUT2D eigenvalue weighted by Gasteiger charge is 2.33. The number of aromatic nitrogens is 2. The van der Waals surface area contributed by atoms with Crippen LogP contribution in [0.4, 0.5) is 5.69 Å². The Morgan fingerprint density at radius 1 is 1.50 bits per heavy atom. The average Bonchev–Trinajstić information content (AvgIpc) is 3.16. The van der Waals surface area contributed by atoms with Crippen LogP contribution in [0.5, 0.6) is 0 Å². The number of anilines is 1. The van der Waals surface area contributed by atoms with E-state index in [4.69, 9.17) is 5.73 Å². The fraction of sp³-hybridized carbons (Fsp3) is 0.417. The topological polar surface area (TPSA) is 72.1 Å². The molecule has 2 aromatic rings. The molecular formula is C12H14N4OS. The van der Waals surface area contributed by atoms with Gasteiger partial charge < -0.3 is 10.6 Å². The van der Waals surface area contributed by atoms with Crippen molar-refractivity contribution in [2.75, 3.05) is 12.3 Å². The Kier molecular flexibility index (Phi) is 2.66. The molecule has 1 aliphatic rings. The maximum absolute atomic E-state index is 12.4. The monoisotopic (exact) mass is 262 g/mol. The van der Waals surface area contributed by atoms with Crippen LogP contribution in [0.2, 0.25) is 0 Å². The average molecular weight is 262 g/mol. The Labute approximate surface area is 109 Å². The van der Waals surface area contributed by atoms with Crippen LogP contribution >= 0.6 is 11.3 Å². The van der Waals surface area contributed by atoms with Crippen molar-refractivity contribution in [2.24, 2.45) is 0 Å². The predicted octanol–water partition coefficient (Wildman–Crippen LogP) is 1.90. The summed E-state index contributed by atoms with van der Waals surface area (Å²) >= 11 is 1.33. The van der Waals surface area contributed by atoms with E-state index in [-0.39, 0.29) is 5.91 Å². The minimum absolute atomic E-state index is 0.0160. The highest BCUT2D eigenvalue weighted by Crippen LogP contribution is 2.34. The second-order valence-corrected chi connectivity index (χ2v) is 5.38. The van der Waals surface area contributed by atoms with Crippen LogP contribution in [0.25, 0.3) is 10.3 Å². The number of nitrogen functional groups attached to an aromatic ring is 1. The molecule has 0 bridgehead atoms. The lowest BCUT2D eigenvalue weighted by atomic mass is 10.3. The molecule has 1 fully saturated rings. The van der Waals surface area contributed by atoms with Gasteiger partial charge >= 0.3 is 0 Å². The molecule has 0 atom stereocenters. The lowest BCUT2D eigenvalue weighted by molar-refractivity contribution is 0.0758. The molecule has 2 aromatic heterocycles. The van der Waals surface area contributed by atoms with E-state index in [1.54, 1.807) is 12.4 Å². The number of carbonyl (C=O) groups excluding carboxylic acids is 1. The minimum atomic E-state index is 0.0160. The van der Waals surface area contributed by atoms with Crippen LogP contribution in [0.3, 0.4) is 0 Å². The number of fused-ring (bicyclic) bond motifs is 1. The van der Waals surface area contributed by atoms with Gasteiger partial charge in [0.1, 0.15) is 15.2 Å². The quantitative estimate of drug-likeness (QED) is 0.917. The first-order valence-corrected chi connectivity index (χ1v) is 6.84. The normalized spacial score (nSPS) is 14.9. The third-order valence-electron chi connectivity index (χ3n) is 3.15. The Morgan fingerprint density at radius 2 is 2.22 bits per heavy atom. The lowest BCUT2D eigenvalue weighted by Gasteiger charge is -2.19. The summed E-state index contributed by atoms with van der Waals surface area (Å²) in [5.41, 5.74) is 7.12. The summed E-state index contributed by atoms with van der Waals surface area (Å²) in [6.45, 7) is 2.72. The maximum atomic E-state index is 12.4. The maximum Gasteiger partial charge on any atom is 0.266 e. The van der Waals surface area contributed by atoms with Crippen molar-refractivity contribution in [1.29, 1.82) is 0 Å². The van der Waals surface area contributed by atoms with E-state index in [0.29, 0.717) is 22.1 Å². The van der Waals surface area contributed by atoms with E-state index in [0.717, 1.165) is 24.2 Å². The van der Waals surface area contributed by atoms with Gasteiger partial charge in [-0.3, -0.25) is 4.79 Å². The van der Waals surface area contributed by atoms with E-state index >= 15 is 0 Å². The molecule has 0 radical (unpaired) electrons. The van der Waals surface area contributed by atoms with Gasteiger partial charge in [-0.15, -0.1) is 11.3 Å². The summed E-state index contributed by atoms with van der Waals surface area (Å²) in [6, 6.07) is 0.396. The molecule has 0 unspecified atom stereocenters. The van der Waals surface area contributed by atoms with Crippen LogP contribution in [0.15, 0.2) is 12.4 Å². The van der Waals surface area contributed by atoms with Gasteiger partial charge in [0.2, 0.25) is 0 Å². The molecule has 1 amide bonds. The van der Waals surface area contributed by atoms with Crippen LogP contribution in [-0.4, -0.2) is 33.4 Å². The van der Waals surface area contributed by atoms with Gasteiger partial charge in [-0.05, 0) is 19.8 Å². The number of hydrogen-bond donors (Lipinski definition) is 1. The Hall–Kier alpha value is -1.69. The fourth-order valence-corrected chi connectivity index (χ4v) is 3.06. The van der Waals surface area contributed by atoms with Crippen LogP contribution in [0, 0.1) is 0 Å². The SMILES string of the molecule is CCN(C(=O)c1sc2nccnc2c1N)C1CC1. The molecule has 1 aliphatic carbocycles. The zero-order valence-corrected chi connectivity index (χ0v) is 10.9. The number of carbonyl (C=O) groups is 1. The van der Waals surface area contributed by atoms with Crippen molar-refractivity contribution >= 4 is 33.3 Å². The van der Waals surface area contributed by atoms with Gasteiger partial charge in [0.15, 0.2) is 0 Å². The smallest absolute Gasteiger partial charge is 0.266 e. The first-order valence-electron chi connectivity index (χ1n) is 6.02. The third kappa shape index (κ3) is 1.73. The summed E-state index contributed by atoms with van der Waals surface area (Å²) in [4.78, 5) is 24.0. The Bertz CT molecular complexity index is 605. The van der Waals surface area contributed by atoms with Crippen molar-refractivity contribution in [1.82, 2.24) is 14.9 Å². The zero-order chi connectivity index (χ0) is 12.7. The number of nitrogens with zero attached hydrogens (tertiary/aromatic N) is 3. The van der Waals surface area contributed by atoms with Crippen LogP contribution in [0.1, 0.15) is 29.4 Å². The van der Waals surface area contributed by atoms with E-state index in [9.17, 15) is 4.79 Å². The van der Waals surface area contributed by atoms with Crippen molar-refractivity contribution in [3.05, 3.63) is 17.3 Å². The highest BCUT2D eigenvalue weighted by molar-refractivity contribution is 7.21. The predicted molar refractivity (Wildman–Crippen MR) is 71.6 cm³/mol. The fourth-order valence-electron chi connectivity index (χ4n) is 2.09. The molecule has 0 saturated heterocycles. The van der Waals surface area contributed by atoms with Gasteiger partial charge in [-0.25, -0.2) is 9.97 Å². The van der Waals surface area contributed by atoms with Crippen LogP contribution < -0.4 is 5.73 Å². The second-order valence-electron chi connectivity index (χ2n) is 4.38. The second kappa shape index (κ2) is 4.20.